The molecule has 0 saturated carbocycles. The summed E-state index contributed by atoms with van der Waals surface area (Å²) in [6, 6.07) is 66.6. The highest BCUT2D eigenvalue weighted by Gasteiger charge is 2.22. The number of anilines is 1. The molecule has 57 heavy (non-hydrogen) atoms. The Morgan fingerprint density at radius 2 is 0.772 bits per heavy atom. The summed E-state index contributed by atoms with van der Waals surface area (Å²) >= 11 is 0. The highest BCUT2D eigenvalue weighted by atomic mass is 15.3. The van der Waals surface area contributed by atoms with Crippen LogP contribution in [0.25, 0.3) is 56.9 Å². The Morgan fingerprint density at radius 3 is 1.16 bits per heavy atom. The number of amidine groups is 1. The lowest BCUT2D eigenvalue weighted by Crippen LogP contribution is -2.14. The van der Waals surface area contributed by atoms with Crippen LogP contribution in [0.4, 0.5) is 5.69 Å². The molecule has 9 aromatic rings. The van der Waals surface area contributed by atoms with Gasteiger partial charge in [-0.05, 0) is 23.8 Å². The minimum absolute atomic E-state index is 0.566. The molecule has 0 fully saturated rings. The SMILES string of the molecule is C(=N\N=C(/Nc1cc(-n2c(-c3ccccc3)nnc2-c2ccccc2)cc(-n2c(-c3ccccc3)nnc2-c2ccccc2)c1)c1ccccc1)/c1ccccc1. The standard InChI is InChI=1S/C48H35N9/c1-7-19-35(20-8-1)34-49-51-44(36-21-9-2-10-22-36)50-41-31-42(56-45(37-23-11-3-12-24-37)52-53-46(56)38-25-13-4-14-26-38)33-43(32-41)57-47(39-27-15-5-16-28-39)54-55-48(57)40-29-17-6-18-30-40/h1-34H,(H,50,51)/b49-34+. The number of nitrogens with one attached hydrogen (secondary N) is 1. The van der Waals surface area contributed by atoms with Crippen LogP contribution < -0.4 is 5.32 Å². The first-order valence-electron chi connectivity index (χ1n) is 18.6. The molecule has 0 amide bonds. The van der Waals surface area contributed by atoms with E-state index in [1.807, 2.05) is 182 Å². The van der Waals surface area contributed by atoms with Crippen molar-refractivity contribution >= 4 is 17.7 Å². The smallest absolute Gasteiger partial charge is 0.168 e. The van der Waals surface area contributed by atoms with E-state index in [0.29, 0.717) is 29.1 Å². The number of aromatic nitrogens is 6. The summed E-state index contributed by atoms with van der Waals surface area (Å²) in [7, 11) is 0. The van der Waals surface area contributed by atoms with Gasteiger partial charge in [-0.15, -0.1) is 25.5 Å². The Balaban J connectivity index is 1.29. The molecule has 0 aliphatic carbocycles. The van der Waals surface area contributed by atoms with Crippen LogP contribution >= 0.6 is 0 Å². The van der Waals surface area contributed by atoms with Gasteiger partial charge in [0.05, 0.1) is 17.6 Å². The topological polar surface area (TPSA) is 98.2 Å². The van der Waals surface area contributed by atoms with Crippen LogP contribution in [0.1, 0.15) is 11.1 Å². The molecule has 2 heterocycles. The van der Waals surface area contributed by atoms with Gasteiger partial charge in [0.15, 0.2) is 29.1 Å². The maximum atomic E-state index is 4.79. The monoisotopic (exact) mass is 737 g/mol. The molecule has 0 bridgehead atoms. The second-order valence-electron chi connectivity index (χ2n) is 13.2. The first-order chi connectivity index (χ1) is 28.3. The van der Waals surface area contributed by atoms with E-state index in [1.165, 1.54) is 0 Å². The van der Waals surface area contributed by atoms with Crippen molar-refractivity contribution in [2.45, 2.75) is 0 Å². The highest BCUT2D eigenvalue weighted by molar-refractivity contribution is 6.08. The molecule has 0 aliphatic heterocycles. The molecule has 272 valence electrons. The van der Waals surface area contributed by atoms with Gasteiger partial charge in [0.2, 0.25) is 0 Å². The minimum atomic E-state index is 0.566. The van der Waals surface area contributed by atoms with Crippen molar-refractivity contribution < 1.29 is 0 Å². The number of hydrogen-bond acceptors (Lipinski definition) is 6. The molecule has 0 spiro atoms. The summed E-state index contributed by atoms with van der Waals surface area (Å²) in [5, 5.41) is 32.1. The van der Waals surface area contributed by atoms with Gasteiger partial charge in [-0.25, -0.2) is 0 Å². The fraction of sp³-hybridized carbons (Fsp3) is 0. The average Bonchev–Trinajstić information content (AvgIpc) is 3.94. The van der Waals surface area contributed by atoms with Crippen LogP contribution in [0, 0.1) is 0 Å². The molecule has 9 rings (SSSR count). The van der Waals surface area contributed by atoms with Crippen LogP contribution in [0.5, 0.6) is 0 Å². The molecule has 0 radical (unpaired) electrons. The Hall–Kier alpha value is -8.04. The van der Waals surface area contributed by atoms with E-state index in [1.54, 1.807) is 6.21 Å². The second kappa shape index (κ2) is 16.1. The summed E-state index contributed by atoms with van der Waals surface area (Å²) in [4.78, 5) is 0. The maximum Gasteiger partial charge on any atom is 0.168 e. The molecule has 0 unspecified atom stereocenters. The lowest BCUT2D eigenvalue weighted by atomic mass is 10.1. The van der Waals surface area contributed by atoms with E-state index in [2.05, 4.69) is 37.8 Å². The van der Waals surface area contributed by atoms with E-state index in [-0.39, 0.29) is 0 Å². The number of nitrogens with zero attached hydrogens (tertiary/aromatic N) is 8. The zero-order valence-electron chi connectivity index (χ0n) is 30.7. The van der Waals surface area contributed by atoms with Gasteiger partial charge < -0.3 is 5.32 Å². The van der Waals surface area contributed by atoms with Crippen molar-refractivity contribution in [2.24, 2.45) is 10.2 Å². The van der Waals surface area contributed by atoms with Gasteiger partial charge in [0.1, 0.15) is 0 Å². The lowest BCUT2D eigenvalue weighted by molar-refractivity contribution is 1.04. The van der Waals surface area contributed by atoms with Crippen molar-refractivity contribution in [3.8, 4) is 56.9 Å². The van der Waals surface area contributed by atoms with E-state index in [4.69, 9.17) is 25.5 Å². The summed E-state index contributed by atoms with van der Waals surface area (Å²) in [6.07, 6.45) is 1.75. The van der Waals surface area contributed by atoms with Crippen molar-refractivity contribution in [2.75, 3.05) is 5.32 Å². The third-order valence-electron chi connectivity index (χ3n) is 9.35. The van der Waals surface area contributed by atoms with Crippen molar-refractivity contribution in [3.05, 3.63) is 211 Å². The summed E-state index contributed by atoms with van der Waals surface area (Å²) in [6.45, 7) is 0. The van der Waals surface area contributed by atoms with Crippen LogP contribution in [0.2, 0.25) is 0 Å². The highest BCUT2D eigenvalue weighted by Crippen LogP contribution is 2.35. The van der Waals surface area contributed by atoms with Crippen LogP contribution in [-0.2, 0) is 0 Å². The Morgan fingerprint density at radius 1 is 0.421 bits per heavy atom. The fourth-order valence-corrected chi connectivity index (χ4v) is 6.66. The molecule has 7 aromatic carbocycles. The van der Waals surface area contributed by atoms with Gasteiger partial charge in [-0.2, -0.15) is 5.10 Å². The molecule has 1 N–H and O–H groups in total. The zero-order chi connectivity index (χ0) is 38.2. The first kappa shape index (κ1) is 34.7. The van der Waals surface area contributed by atoms with Crippen molar-refractivity contribution in [1.29, 1.82) is 0 Å². The summed E-state index contributed by atoms with van der Waals surface area (Å²) in [5.41, 5.74) is 7.88. The van der Waals surface area contributed by atoms with Crippen LogP contribution in [-0.4, -0.2) is 41.6 Å². The third-order valence-corrected chi connectivity index (χ3v) is 9.35. The number of rotatable bonds is 10. The van der Waals surface area contributed by atoms with Crippen LogP contribution in [0.15, 0.2) is 210 Å². The molecule has 0 atom stereocenters. The number of hydrogen-bond donors (Lipinski definition) is 1. The third kappa shape index (κ3) is 7.53. The van der Waals surface area contributed by atoms with Gasteiger partial charge in [-0.3, -0.25) is 9.13 Å². The van der Waals surface area contributed by atoms with Crippen LogP contribution in [0.3, 0.4) is 0 Å². The van der Waals surface area contributed by atoms with E-state index >= 15 is 0 Å². The van der Waals surface area contributed by atoms with Crippen molar-refractivity contribution in [3.63, 3.8) is 0 Å². The van der Waals surface area contributed by atoms with Gasteiger partial charge in [-0.1, -0.05) is 182 Å². The molecular formula is C48H35N9. The normalized spacial score (nSPS) is 11.5. The zero-order valence-corrected chi connectivity index (χ0v) is 30.7. The van der Waals surface area contributed by atoms with E-state index in [0.717, 1.165) is 50.4 Å². The lowest BCUT2D eigenvalue weighted by Gasteiger charge is -2.18. The predicted octanol–water partition coefficient (Wildman–Crippen LogP) is 10.4. The summed E-state index contributed by atoms with van der Waals surface area (Å²) < 4.78 is 4.20. The average molecular weight is 738 g/mol. The second-order valence-corrected chi connectivity index (χ2v) is 13.2. The Labute approximate surface area is 330 Å². The van der Waals surface area contributed by atoms with Gasteiger partial charge >= 0.3 is 0 Å². The molecule has 9 heteroatoms. The van der Waals surface area contributed by atoms with Gasteiger partial charge in [0, 0.05) is 33.5 Å². The quantitative estimate of drug-likeness (QED) is 0.0856. The Kier molecular flexibility index (Phi) is 9.83. The first-order valence-corrected chi connectivity index (χ1v) is 18.6. The van der Waals surface area contributed by atoms with Gasteiger partial charge in [0.25, 0.3) is 0 Å². The van der Waals surface area contributed by atoms with E-state index in [9.17, 15) is 0 Å². The minimum Gasteiger partial charge on any atom is -0.338 e. The molecule has 9 nitrogen and oxygen atoms in total. The molecular weight excluding hydrogens is 703 g/mol. The van der Waals surface area contributed by atoms with E-state index < -0.39 is 0 Å². The predicted molar refractivity (Wildman–Crippen MR) is 229 cm³/mol. The molecule has 2 aromatic heterocycles. The number of benzene rings is 7. The van der Waals surface area contributed by atoms with Crippen molar-refractivity contribution in [1.82, 2.24) is 29.5 Å². The molecule has 0 saturated heterocycles. The Bertz CT molecular complexity index is 2530. The summed E-state index contributed by atoms with van der Waals surface area (Å²) in [5.74, 6) is 3.33. The fourth-order valence-electron chi connectivity index (χ4n) is 6.66. The molecule has 0 aliphatic rings. The largest absolute Gasteiger partial charge is 0.338 e. The maximum absolute atomic E-state index is 4.79.